The second kappa shape index (κ2) is 6.38. The first-order valence-electron chi connectivity index (χ1n) is 6.06. The molecule has 2 aromatic carbocycles. The third-order valence-corrected chi connectivity index (χ3v) is 3.72. The van der Waals surface area contributed by atoms with Crippen LogP contribution < -0.4 is 5.32 Å². The Hall–Kier alpha value is -1.09. The number of rotatable bonds is 4. The van der Waals surface area contributed by atoms with Crippen LogP contribution in [0.25, 0.3) is 0 Å². The zero-order valence-electron chi connectivity index (χ0n) is 10.5. The summed E-state index contributed by atoms with van der Waals surface area (Å²) in [6.07, 6.45) is 0. The van der Waals surface area contributed by atoms with Gasteiger partial charge in [-0.2, -0.15) is 0 Å². The predicted molar refractivity (Wildman–Crippen MR) is 78.4 cm³/mol. The molecule has 0 heterocycles. The smallest absolute Gasteiger partial charge is 0.123 e. The van der Waals surface area contributed by atoms with Crippen LogP contribution in [-0.2, 0) is 0 Å². The van der Waals surface area contributed by atoms with Crippen molar-refractivity contribution >= 4 is 23.2 Å². The van der Waals surface area contributed by atoms with E-state index in [1.807, 2.05) is 25.1 Å². The molecule has 1 unspecified atom stereocenters. The molecule has 0 saturated heterocycles. The number of hydrogen-bond acceptors (Lipinski definition) is 1. The molecule has 19 heavy (non-hydrogen) atoms. The Balaban J connectivity index is 2.48. The van der Waals surface area contributed by atoms with Crippen molar-refractivity contribution in [2.24, 2.45) is 0 Å². The quantitative estimate of drug-likeness (QED) is 0.852. The lowest BCUT2D eigenvalue weighted by atomic mass is 9.98. The van der Waals surface area contributed by atoms with Crippen LogP contribution in [0.4, 0.5) is 4.39 Å². The number of nitrogens with one attached hydrogen (secondary N) is 1. The summed E-state index contributed by atoms with van der Waals surface area (Å²) in [7, 11) is 0. The maximum absolute atomic E-state index is 13.4. The van der Waals surface area contributed by atoms with Crippen molar-refractivity contribution in [3.63, 3.8) is 0 Å². The molecule has 0 aliphatic rings. The zero-order chi connectivity index (χ0) is 13.8. The molecule has 0 fully saturated rings. The van der Waals surface area contributed by atoms with Gasteiger partial charge in [-0.3, -0.25) is 0 Å². The molecule has 2 aromatic rings. The average molecular weight is 298 g/mol. The van der Waals surface area contributed by atoms with Gasteiger partial charge in [0.2, 0.25) is 0 Å². The van der Waals surface area contributed by atoms with Crippen LogP contribution in [0, 0.1) is 5.82 Å². The Morgan fingerprint density at radius 2 is 1.89 bits per heavy atom. The number of halogens is 3. The second-order valence-electron chi connectivity index (χ2n) is 4.19. The summed E-state index contributed by atoms with van der Waals surface area (Å²) in [5, 5.41) is 4.30. The molecule has 1 nitrogen and oxygen atoms in total. The number of hydrogen-bond donors (Lipinski definition) is 1. The lowest BCUT2D eigenvalue weighted by Crippen LogP contribution is -2.22. The summed E-state index contributed by atoms with van der Waals surface area (Å²) in [5.41, 5.74) is 1.67. The molecule has 0 saturated carbocycles. The summed E-state index contributed by atoms with van der Waals surface area (Å²) in [6, 6.07) is 11.8. The van der Waals surface area contributed by atoms with Gasteiger partial charge in [-0.15, -0.1) is 0 Å². The van der Waals surface area contributed by atoms with E-state index in [4.69, 9.17) is 23.2 Å². The standard InChI is InChI=1S/C15H14Cl2FN/c1-2-19-15(10-5-3-6-11(18)9-10)12-7-4-8-13(16)14(12)17/h3-9,15,19H,2H2,1H3. The third-order valence-electron chi connectivity index (χ3n) is 2.88. The van der Waals surface area contributed by atoms with Gasteiger partial charge in [-0.25, -0.2) is 4.39 Å². The molecule has 1 N–H and O–H groups in total. The average Bonchev–Trinajstić information content (AvgIpc) is 2.40. The van der Waals surface area contributed by atoms with E-state index in [0.717, 1.165) is 17.7 Å². The van der Waals surface area contributed by atoms with Crippen molar-refractivity contribution in [1.29, 1.82) is 0 Å². The third kappa shape index (κ3) is 3.27. The Kier molecular flexibility index (Phi) is 4.81. The van der Waals surface area contributed by atoms with Gasteiger partial charge in [-0.05, 0) is 35.9 Å². The second-order valence-corrected chi connectivity index (χ2v) is 4.97. The van der Waals surface area contributed by atoms with Gasteiger partial charge < -0.3 is 5.32 Å². The van der Waals surface area contributed by atoms with Crippen molar-refractivity contribution in [2.75, 3.05) is 6.54 Å². The maximum atomic E-state index is 13.4. The van der Waals surface area contributed by atoms with Crippen molar-refractivity contribution in [3.8, 4) is 0 Å². The van der Waals surface area contributed by atoms with Crippen LogP contribution in [0.15, 0.2) is 42.5 Å². The molecule has 0 aliphatic heterocycles. The van der Waals surface area contributed by atoms with Crippen molar-refractivity contribution in [3.05, 3.63) is 69.5 Å². The van der Waals surface area contributed by atoms with Crippen LogP contribution in [0.1, 0.15) is 24.1 Å². The van der Waals surface area contributed by atoms with Crippen LogP contribution >= 0.6 is 23.2 Å². The van der Waals surface area contributed by atoms with E-state index in [9.17, 15) is 4.39 Å². The maximum Gasteiger partial charge on any atom is 0.123 e. The molecule has 0 aromatic heterocycles. The highest BCUT2D eigenvalue weighted by Crippen LogP contribution is 2.33. The van der Waals surface area contributed by atoms with Gasteiger partial charge in [0.05, 0.1) is 16.1 Å². The van der Waals surface area contributed by atoms with E-state index < -0.39 is 0 Å². The van der Waals surface area contributed by atoms with Gasteiger partial charge in [-0.1, -0.05) is 54.4 Å². The fourth-order valence-corrected chi connectivity index (χ4v) is 2.46. The molecule has 0 aliphatic carbocycles. The Morgan fingerprint density at radius 1 is 1.16 bits per heavy atom. The van der Waals surface area contributed by atoms with E-state index in [-0.39, 0.29) is 11.9 Å². The minimum atomic E-state index is -0.265. The van der Waals surface area contributed by atoms with Crippen molar-refractivity contribution in [2.45, 2.75) is 13.0 Å². The first-order valence-corrected chi connectivity index (χ1v) is 6.81. The molecular weight excluding hydrogens is 284 g/mol. The molecular formula is C15H14Cl2FN. The molecule has 2 rings (SSSR count). The Bertz CT molecular complexity index is 572. The van der Waals surface area contributed by atoms with E-state index >= 15 is 0 Å². The molecule has 4 heteroatoms. The van der Waals surface area contributed by atoms with Gasteiger partial charge >= 0.3 is 0 Å². The summed E-state index contributed by atoms with van der Waals surface area (Å²) in [5.74, 6) is -0.265. The molecule has 0 amide bonds. The van der Waals surface area contributed by atoms with Crippen molar-refractivity contribution < 1.29 is 4.39 Å². The van der Waals surface area contributed by atoms with E-state index in [1.54, 1.807) is 12.1 Å². The lowest BCUT2D eigenvalue weighted by Gasteiger charge is -2.20. The van der Waals surface area contributed by atoms with Gasteiger partial charge in [0.25, 0.3) is 0 Å². The molecule has 100 valence electrons. The topological polar surface area (TPSA) is 12.0 Å². The Morgan fingerprint density at radius 3 is 2.58 bits per heavy atom. The van der Waals surface area contributed by atoms with Gasteiger partial charge in [0.15, 0.2) is 0 Å². The summed E-state index contributed by atoms with van der Waals surface area (Å²) < 4.78 is 13.4. The molecule has 0 bridgehead atoms. The zero-order valence-corrected chi connectivity index (χ0v) is 12.0. The minimum Gasteiger partial charge on any atom is -0.306 e. The molecule has 0 radical (unpaired) electrons. The van der Waals surface area contributed by atoms with E-state index in [0.29, 0.717) is 10.0 Å². The van der Waals surface area contributed by atoms with Crippen molar-refractivity contribution in [1.82, 2.24) is 5.32 Å². The fourth-order valence-electron chi connectivity index (χ4n) is 2.04. The highest BCUT2D eigenvalue weighted by molar-refractivity contribution is 6.42. The van der Waals surface area contributed by atoms with E-state index in [1.165, 1.54) is 12.1 Å². The summed E-state index contributed by atoms with van der Waals surface area (Å²) in [4.78, 5) is 0. The Labute approximate surface area is 122 Å². The monoisotopic (exact) mass is 297 g/mol. The molecule has 1 atom stereocenters. The van der Waals surface area contributed by atoms with Gasteiger partial charge in [0, 0.05) is 0 Å². The van der Waals surface area contributed by atoms with Crippen LogP contribution in [-0.4, -0.2) is 6.54 Å². The highest BCUT2D eigenvalue weighted by atomic mass is 35.5. The summed E-state index contributed by atoms with van der Waals surface area (Å²) in [6.45, 7) is 2.73. The van der Waals surface area contributed by atoms with Crippen LogP contribution in [0.5, 0.6) is 0 Å². The SMILES string of the molecule is CCNC(c1cccc(F)c1)c1cccc(Cl)c1Cl. The van der Waals surface area contributed by atoms with Crippen LogP contribution in [0.2, 0.25) is 10.0 Å². The predicted octanol–water partition coefficient (Wildman–Crippen LogP) is 4.83. The normalized spacial score (nSPS) is 12.4. The minimum absolute atomic E-state index is 0.174. The fraction of sp³-hybridized carbons (Fsp3) is 0.200. The number of benzene rings is 2. The lowest BCUT2D eigenvalue weighted by molar-refractivity contribution is 0.603. The van der Waals surface area contributed by atoms with Gasteiger partial charge in [0.1, 0.15) is 5.82 Å². The molecule has 0 spiro atoms. The van der Waals surface area contributed by atoms with Crippen LogP contribution in [0.3, 0.4) is 0 Å². The van der Waals surface area contributed by atoms with E-state index in [2.05, 4.69) is 5.32 Å². The first kappa shape index (κ1) is 14.3. The highest BCUT2D eigenvalue weighted by Gasteiger charge is 2.17. The largest absolute Gasteiger partial charge is 0.306 e. The first-order chi connectivity index (χ1) is 9.13. The summed E-state index contributed by atoms with van der Waals surface area (Å²) >= 11 is 12.3.